The summed E-state index contributed by atoms with van der Waals surface area (Å²) in [5, 5.41) is 5.38. The van der Waals surface area contributed by atoms with Crippen LogP contribution in [0.4, 0.5) is 0 Å². The smallest absolute Gasteiger partial charge is 0.271 e. The molecule has 14 heavy (non-hydrogen) atoms. The highest BCUT2D eigenvalue weighted by Crippen LogP contribution is 2.07. The second-order valence-corrected chi connectivity index (χ2v) is 3.92. The molecule has 0 aliphatic carbocycles. The number of carbonyl (C=O) groups is 1. The fraction of sp³-hybridized carbons (Fsp3) is 0.500. The van der Waals surface area contributed by atoms with Gasteiger partial charge in [0.05, 0.1) is 5.01 Å². The number of nitrogens with zero attached hydrogens (tertiary/aromatic N) is 1. The summed E-state index contributed by atoms with van der Waals surface area (Å²) in [4.78, 5) is 15.5. The first-order valence-electron chi connectivity index (χ1n) is 4.06. The van der Waals surface area contributed by atoms with Crippen LogP contribution in [-0.2, 0) is 0 Å². The second kappa shape index (κ2) is 5.95. The zero-order valence-electron chi connectivity index (χ0n) is 8.11. The van der Waals surface area contributed by atoms with Crippen LogP contribution in [0, 0.1) is 6.92 Å². The summed E-state index contributed by atoms with van der Waals surface area (Å²) in [6.07, 6.45) is 0. The number of hydrogen-bond acceptors (Lipinski definition) is 4. The van der Waals surface area contributed by atoms with Crippen molar-refractivity contribution in [2.45, 2.75) is 19.9 Å². The SMILES string of the molecule is Cc1nc(C(=O)N[C@@H](C)CN)cs1.Cl. The maximum Gasteiger partial charge on any atom is 0.271 e. The number of halogens is 1. The van der Waals surface area contributed by atoms with E-state index in [1.807, 2.05) is 13.8 Å². The minimum Gasteiger partial charge on any atom is -0.347 e. The molecule has 0 spiro atoms. The molecule has 3 N–H and O–H groups in total. The largest absolute Gasteiger partial charge is 0.347 e. The third kappa shape index (κ3) is 3.61. The Morgan fingerprint density at radius 2 is 2.43 bits per heavy atom. The number of aryl methyl sites for hydroxylation is 1. The molecule has 1 atom stereocenters. The van der Waals surface area contributed by atoms with Gasteiger partial charge in [0, 0.05) is 18.0 Å². The van der Waals surface area contributed by atoms with Gasteiger partial charge in [0.15, 0.2) is 0 Å². The Kier molecular flexibility index (Phi) is 5.68. The summed E-state index contributed by atoms with van der Waals surface area (Å²) in [7, 11) is 0. The van der Waals surface area contributed by atoms with E-state index in [-0.39, 0.29) is 24.4 Å². The first-order valence-corrected chi connectivity index (χ1v) is 4.94. The van der Waals surface area contributed by atoms with Crippen LogP contribution in [-0.4, -0.2) is 23.5 Å². The van der Waals surface area contributed by atoms with Crippen LogP contribution in [0.3, 0.4) is 0 Å². The van der Waals surface area contributed by atoms with Crippen LogP contribution in [0.1, 0.15) is 22.4 Å². The molecule has 0 fully saturated rings. The maximum absolute atomic E-state index is 11.4. The highest BCUT2D eigenvalue weighted by atomic mass is 35.5. The summed E-state index contributed by atoms with van der Waals surface area (Å²) >= 11 is 1.46. The van der Waals surface area contributed by atoms with Gasteiger partial charge in [-0.15, -0.1) is 23.7 Å². The van der Waals surface area contributed by atoms with E-state index in [9.17, 15) is 4.79 Å². The van der Waals surface area contributed by atoms with Gasteiger partial charge in [0.1, 0.15) is 5.69 Å². The molecule has 0 unspecified atom stereocenters. The minimum absolute atomic E-state index is 0. The maximum atomic E-state index is 11.4. The zero-order chi connectivity index (χ0) is 9.84. The van der Waals surface area contributed by atoms with E-state index in [1.54, 1.807) is 5.38 Å². The molecule has 0 saturated heterocycles. The molecule has 80 valence electrons. The topological polar surface area (TPSA) is 68.0 Å². The van der Waals surface area contributed by atoms with Crippen molar-refractivity contribution in [2.24, 2.45) is 5.73 Å². The molecule has 1 rings (SSSR count). The lowest BCUT2D eigenvalue weighted by molar-refractivity contribution is 0.0937. The lowest BCUT2D eigenvalue weighted by Gasteiger charge is -2.08. The van der Waals surface area contributed by atoms with E-state index in [0.29, 0.717) is 12.2 Å². The molecular weight excluding hydrogens is 222 g/mol. The van der Waals surface area contributed by atoms with Crippen molar-refractivity contribution in [3.05, 3.63) is 16.1 Å². The third-order valence-corrected chi connectivity index (χ3v) is 2.36. The Balaban J connectivity index is 0.00000169. The molecule has 1 amide bonds. The number of hydrogen-bond donors (Lipinski definition) is 2. The fourth-order valence-corrected chi connectivity index (χ4v) is 1.42. The minimum atomic E-state index is -0.151. The molecule has 1 heterocycles. The number of carbonyl (C=O) groups excluding carboxylic acids is 1. The van der Waals surface area contributed by atoms with Crippen LogP contribution < -0.4 is 11.1 Å². The highest BCUT2D eigenvalue weighted by molar-refractivity contribution is 7.09. The van der Waals surface area contributed by atoms with Gasteiger partial charge >= 0.3 is 0 Å². The lowest BCUT2D eigenvalue weighted by atomic mass is 10.3. The molecule has 0 aliphatic rings. The number of rotatable bonds is 3. The standard InChI is InChI=1S/C8H13N3OS.ClH/c1-5(3-9)10-8(12)7-4-13-6(2)11-7;/h4-5H,3,9H2,1-2H3,(H,10,12);1H/t5-;/m0./s1. The average molecular weight is 236 g/mol. The van der Waals surface area contributed by atoms with Gasteiger partial charge in [-0.2, -0.15) is 0 Å². The van der Waals surface area contributed by atoms with Crippen LogP contribution in [0.5, 0.6) is 0 Å². The third-order valence-electron chi connectivity index (χ3n) is 1.58. The molecule has 1 aromatic rings. The molecule has 4 nitrogen and oxygen atoms in total. The number of aromatic nitrogens is 1. The lowest BCUT2D eigenvalue weighted by Crippen LogP contribution is -2.37. The van der Waals surface area contributed by atoms with Gasteiger partial charge in [-0.05, 0) is 13.8 Å². The van der Waals surface area contributed by atoms with Crippen molar-refractivity contribution >= 4 is 29.7 Å². The zero-order valence-corrected chi connectivity index (χ0v) is 9.74. The summed E-state index contributed by atoms with van der Waals surface area (Å²) in [5.74, 6) is -0.151. The molecule has 1 aromatic heterocycles. The molecule has 6 heteroatoms. The van der Waals surface area contributed by atoms with Crippen molar-refractivity contribution in [3.63, 3.8) is 0 Å². The Morgan fingerprint density at radius 1 is 1.79 bits per heavy atom. The quantitative estimate of drug-likeness (QED) is 0.820. The van der Waals surface area contributed by atoms with Crippen LogP contribution in [0.25, 0.3) is 0 Å². The Bertz CT molecular complexity index is 303. The predicted octanol–water partition coefficient (Wildman–Crippen LogP) is 0.950. The number of thiazole rings is 1. The number of amides is 1. The van der Waals surface area contributed by atoms with E-state index in [2.05, 4.69) is 10.3 Å². The predicted molar refractivity (Wildman–Crippen MR) is 60.1 cm³/mol. The highest BCUT2D eigenvalue weighted by Gasteiger charge is 2.10. The van der Waals surface area contributed by atoms with E-state index >= 15 is 0 Å². The first-order chi connectivity index (χ1) is 6.13. The molecule has 0 saturated carbocycles. The van der Waals surface area contributed by atoms with Crippen molar-refractivity contribution < 1.29 is 4.79 Å². The summed E-state index contributed by atoms with van der Waals surface area (Å²) in [5.41, 5.74) is 5.85. The summed E-state index contributed by atoms with van der Waals surface area (Å²) < 4.78 is 0. The van der Waals surface area contributed by atoms with Crippen molar-refractivity contribution in [1.29, 1.82) is 0 Å². The van der Waals surface area contributed by atoms with E-state index < -0.39 is 0 Å². The van der Waals surface area contributed by atoms with Gasteiger partial charge in [0.2, 0.25) is 0 Å². The monoisotopic (exact) mass is 235 g/mol. The van der Waals surface area contributed by atoms with Crippen LogP contribution in [0.2, 0.25) is 0 Å². The van der Waals surface area contributed by atoms with Crippen LogP contribution in [0.15, 0.2) is 5.38 Å². The molecular formula is C8H14ClN3OS. The van der Waals surface area contributed by atoms with Gasteiger partial charge in [-0.3, -0.25) is 4.79 Å². The Morgan fingerprint density at radius 3 is 2.86 bits per heavy atom. The normalized spacial score (nSPS) is 11.6. The fourth-order valence-electron chi connectivity index (χ4n) is 0.824. The molecule has 0 aromatic carbocycles. The van der Waals surface area contributed by atoms with Crippen molar-refractivity contribution in [1.82, 2.24) is 10.3 Å². The van der Waals surface area contributed by atoms with Crippen molar-refractivity contribution in [3.8, 4) is 0 Å². The Labute approximate surface area is 93.3 Å². The van der Waals surface area contributed by atoms with E-state index in [4.69, 9.17) is 5.73 Å². The number of nitrogens with two attached hydrogens (primary N) is 1. The summed E-state index contributed by atoms with van der Waals surface area (Å²) in [6, 6.07) is -0.00509. The first kappa shape index (κ1) is 13.4. The van der Waals surface area contributed by atoms with Gasteiger partial charge in [-0.25, -0.2) is 4.98 Å². The van der Waals surface area contributed by atoms with E-state index in [0.717, 1.165) is 5.01 Å². The molecule has 0 bridgehead atoms. The van der Waals surface area contributed by atoms with E-state index in [1.165, 1.54) is 11.3 Å². The number of nitrogens with one attached hydrogen (secondary N) is 1. The van der Waals surface area contributed by atoms with Gasteiger partial charge < -0.3 is 11.1 Å². The van der Waals surface area contributed by atoms with Gasteiger partial charge in [0.25, 0.3) is 5.91 Å². The summed E-state index contributed by atoms with van der Waals surface area (Å²) in [6.45, 7) is 4.17. The van der Waals surface area contributed by atoms with Crippen molar-refractivity contribution in [2.75, 3.05) is 6.54 Å². The average Bonchev–Trinajstić information content (AvgIpc) is 2.51. The molecule has 0 radical (unpaired) electrons. The second-order valence-electron chi connectivity index (χ2n) is 2.86. The molecule has 0 aliphatic heterocycles. The Hall–Kier alpha value is -0.650. The van der Waals surface area contributed by atoms with Gasteiger partial charge in [-0.1, -0.05) is 0 Å². The van der Waals surface area contributed by atoms with Crippen LogP contribution >= 0.6 is 23.7 Å².